The van der Waals surface area contributed by atoms with Crippen LogP contribution in [0.2, 0.25) is 5.02 Å². The van der Waals surface area contributed by atoms with Crippen molar-refractivity contribution in [3.8, 4) is 0 Å². The lowest BCUT2D eigenvalue weighted by atomic mass is 9.94. The van der Waals surface area contributed by atoms with Crippen LogP contribution in [0, 0.1) is 0 Å². The highest BCUT2D eigenvalue weighted by Crippen LogP contribution is 2.25. The number of carbonyl (C=O) groups excluding carboxylic acids is 2. The molecule has 0 aromatic heterocycles. The number of allylic oxidation sites excluding steroid dienone is 1. The van der Waals surface area contributed by atoms with Crippen LogP contribution in [0.15, 0.2) is 24.3 Å². The lowest BCUT2D eigenvalue weighted by molar-refractivity contribution is -0.111. The van der Waals surface area contributed by atoms with E-state index < -0.39 is 11.6 Å². The van der Waals surface area contributed by atoms with E-state index in [2.05, 4.69) is 0 Å². The standard InChI is InChI=1S/C10H5ClO3/c11-5-1-2-6-7(3-5)8(12)4-9(13)10(6)14/h1-4,12H. The fourth-order valence-corrected chi connectivity index (χ4v) is 1.50. The molecule has 0 spiro atoms. The molecule has 2 rings (SSSR count). The molecule has 0 bridgehead atoms. The summed E-state index contributed by atoms with van der Waals surface area (Å²) in [5, 5.41) is 9.81. The summed E-state index contributed by atoms with van der Waals surface area (Å²) in [4.78, 5) is 22.4. The summed E-state index contributed by atoms with van der Waals surface area (Å²) in [7, 11) is 0. The van der Waals surface area contributed by atoms with Crippen LogP contribution < -0.4 is 0 Å². The Labute approximate surface area is 84.6 Å². The molecule has 4 heteroatoms. The van der Waals surface area contributed by atoms with Crippen molar-refractivity contribution in [1.82, 2.24) is 0 Å². The van der Waals surface area contributed by atoms with Crippen LogP contribution in [-0.4, -0.2) is 16.7 Å². The third-order valence-electron chi connectivity index (χ3n) is 1.99. The zero-order valence-electron chi connectivity index (χ0n) is 6.95. The Morgan fingerprint density at radius 2 is 1.86 bits per heavy atom. The average molecular weight is 209 g/mol. The largest absolute Gasteiger partial charge is 0.507 e. The van der Waals surface area contributed by atoms with Crippen LogP contribution in [0.5, 0.6) is 0 Å². The minimum atomic E-state index is -0.711. The van der Waals surface area contributed by atoms with E-state index in [0.29, 0.717) is 10.6 Å². The molecule has 1 aliphatic rings. The van der Waals surface area contributed by atoms with Crippen LogP contribution >= 0.6 is 11.6 Å². The van der Waals surface area contributed by atoms with Gasteiger partial charge in [-0.25, -0.2) is 0 Å². The maximum absolute atomic E-state index is 11.3. The summed E-state index contributed by atoms with van der Waals surface area (Å²) in [5.74, 6) is -1.54. The highest BCUT2D eigenvalue weighted by Gasteiger charge is 2.25. The first kappa shape index (κ1) is 8.97. The van der Waals surface area contributed by atoms with Crippen molar-refractivity contribution in [1.29, 1.82) is 0 Å². The molecular formula is C10H5ClO3. The molecule has 0 radical (unpaired) electrons. The molecule has 0 amide bonds. The molecule has 1 aromatic rings. The summed E-state index contributed by atoms with van der Waals surface area (Å²) in [6.45, 7) is 0. The lowest BCUT2D eigenvalue weighted by Gasteiger charge is -2.11. The highest BCUT2D eigenvalue weighted by molar-refractivity contribution is 6.50. The maximum Gasteiger partial charge on any atom is 0.233 e. The Morgan fingerprint density at radius 1 is 1.14 bits per heavy atom. The lowest BCUT2D eigenvalue weighted by Crippen LogP contribution is -2.18. The van der Waals surface area contributed by atoms with E-state index in [0.717, 1.165) is 6.08 Å². The molecule has 1 N–H and O–H groups in total. The molecule has 14 heavy (non-hydrogen) atoms. The second-order valence-corrected chi connectivity index (χ2v) is 3.35. The Morgan fingerprint density at radius 3 is 2.57 bits per heavy atom. The van der Waals surface area contributed by atoms with Crippen molar-refractivity contribution >= 4 is 28.9 Å². The van der Waals surface area contributed by atoms with Crippen molar-refractivity contribution < 1.29 is 14.7 Å². The van der Waals surface area contributed by atoms with Crippen LogP contribution in [0.25, 0.3) is 5.76 Å². The Hall–Kier alpha value is -1.61. The number of benzene rings is 1. The van der Waals surface area contributed by atoms with Crippen molar-refractivity contribution in [2.24, 2.45) is 0 Å². The quantitative estimate of drug-likeness (QED) is 0.664. The maximum atomic E-state index is 11.3. The molecular weight excluding hydrogens is 204 g/mol. The zero-order valence-corrected chi connectivity index (χ0v) is 7.71. The highest BCUT2D eigenvalue weighted by atomic mass is 35.5. The van der Waals surface area contributed by atoms with E-state index in [-0.39, 0.29) is 11.3 Å². The van der Waals surface area contributed by atoms with Gasteiger partial charge in [-0.2, -0.15) is 0 Å². The number of hydrogen-bond donors (Lipinski definition) is 1. The number of aliphatic hydroxyl groups is 1. The molecule has 0 heterocycles. The fraction of sp³-hybridized carbons (Fsp3) is 0. The summed E-state index contributed by atoms with van der Waals surface area (Å²) in [5.41, 5.74) is 0.501. The first-order valence-electron chi connectivity index (χ1n) is 3.89. The van der Waals surface area contributed by atoms with Gasteiger partial charge in [0.25, 0.3) is 0 Å². The molecule has 0 aliphatic heterocycles. The van der Waals surface area contributed by atoms with Gasteiger partial charge in [-0.3, -0.25) is 9.59 Å². The van der Waals surface area contributed by atoms with E-state index in [1.165, 1.54) is 18.2 Å². The van der Waals surface area contributed by atoms with Gasteiger partial charge in [0.1, 0.15) is 5.76 Å². The van der Waals surface area contributed by atoms with E-state index >= 15 is 0 Å². The first-order chi connectivity index (χ1) is 6.59. The molecule has 1 aromatic carbocycles. The van der Waals surface area contributed by atoms with Gasteiger partial charge in [0.2, 0.25) is 11.6 Å². The van der Waals surface area contributed by atoms with Crippen molar-refractivity contribution in [2.75, 3.05) is 0 Å². The third kappa shape index (κ3) is 1.22. The normalized spacial score (nSPS) is 15.1. The number of ketones is 2. The Bertz CT molecular complexity index is 474. The average Bonchev–Trinajstić information content (AvgIpc) is 2.14. The number of hydrogen-bond acceptors (Lipinski definition) is 3. The van der Waals surface area contributed by atoms with Crippen molar-refractivity contribution in [2.45, 2.75) is 0 Å². The van der Waals surface area contributed by atoms with Crippen LogP contribution in [0.4, 0.5) is 0 Å². The Kier molecular flexibility index (Phi) is 1.89. The van der Waals surface area contributed by atoms with Gasteiger partial charge in [-0.15, -0.1) is 0 Å². The summed E-state index contributed by atoms with van der Waals surface area (Å²) < 4.78 is 0. The van der Waals surface area contributed by atoms with Crippen LogP contribution in [0.1, 0.15) is 15.9 Å². The van der Waals surface area contributed by atoms with Crippen LogP contribution in [-0.2, 0) is 4.79 Å². The minimum absolute atomic E-state index is 0.194. The number of carbonyl (C=O) groups is 2. The van der Waals surface area contributed by atoms with Gasteiger partial charge in [0.15, 0.2) is 0 Å². The van der Waals surface area contributed by atoms with E-state index in [4.69, 9.17) is 11.6 Å². The number of aliphatic hydroxyl groups excluding tert-OH is 1. The molecule has 0 unspecified atom stereocenters. The summed E-state index contributed by atoms with van der Waals surface area (Å²) >= 11 is 5.69. The monoisotopic (exact) mass is 208 g/mol. The number of halogens is 1. The predicted octanol–water partition coefficient (Wildman–Crippen LogP) is 2.00. The molecule has 0 fully saturated rings. The molecule has 0 saturated heterocycles. The SMILES string of the molecule is O=C1C=C(O)c2cc(Cl)ccc2C1=O. The molecule has 70 valence electrons. The van der Waals surface area contributed by atoms with Gasteiger partial charge in [0, 0.05) is 22.2 Å². The summed E-state index contributed by atoms with van der Waals surface area (Å²) in [6, 6.07) is 4.39. The third-order valence-corrected chi connectivity index (χ3v) is 2.23. The van der Waals surface area contributed by atoms with Crippen LogP contribution in [0.3, 0.4) is 0 Å². The van der Waals surface area contributed by atoms with Gasteiger partial charge in [0.05, 0.1) is 0 Å². The molecule has 3 nitrogen and oxygen atoms in total. The first-order valence-corrected chi connectivity index (χ1v) is 4.26. The van der Waals surface area contributed by atoms with Gasteiger partial charge < -0.3 is 5.11 Å². The smallest absolute Gasteiger partial charge is 0.233 e. The Balaban J connectivity index is 2.72. The zero-order chi connectivity index (χ0) is 10.3. The fourth-order valence-electron chi connectivity index (χ4n) is 1.33. The van der Waals surface area contributed by atoms with Gasteiger partial charge in [-0.05, 0) is 18.2 Å². The summed E-state index contributed by atoms with van der Waals surface area (Å²) in [6.07, 6.45) is 0.904. The molecule has 0 atom stereocenters. The van der Waals surface area contributed by atoms with E-state index in [1.807, 2.05) is 0 Å². The minimum Gasteiger partial charge on any atom is -0.507 e. The second-order valence-electron chi connectivity index (χ2n) is 2.91. The molecule has 1 aliphatic carbocycles. The van der Waals surface area contributed by atoms with Crippen molar-refractivity contribution in [3.63, 3.8) is 0 Å². The predicted molar refractivity (Wildman–Crippen MR) is 51.4 cm³/mol. The number of Topliss-reactive ketones (excluding diaryl/α,β-unsaturated/α-hetero) is 1. The topological polar surface area (TPSA) is 54.4 Å². The van der Waals surface area contributed by atoms with E-state index in [9.17, 15) is 14.7 Å². The molecule has 0 saturated carbocycles. The van der Waals surface area contributed by atoms with Crippen molar-refractivity contribution in [3.05, 3.63) is 40.4 Å². The van der Waals surface area contributed by atoms with Gasteiger partial charge in [-0.1, -0.05) is 11.6 Å². The van der Waals surface area contributed by atoms with E-state index in [1.54, 1.807) is 0 Å². The second kappa shape index (κ2) is 2.96. The number of fused-ring (bicyclic) bond motifs is 1. The van der Waals surface area contributed by atoms with Gasteiger partial charge >= 0.3 is 0 Å². The number of rotatable bonds is 0.